The fourth-order valence-electron chi connectivity index (χ4n) is 3.19. The standard InChI is InChI=1S/C17H25NO3/c1-2-20-15-7-5-14(6-8-15)12-18-9-11-19-13-16(18)17-4-3-10-21-17/h5-8,16-17H,2-4,9-13H2,1H3. The van der Waals surface area contributed by atoms with Crippen LogP contribution in [-0.4, -0.2) is 50.0 Å². The van der Waals surface area contributed by atoms with E-state index in [0.29, 0.717) is 18.8 Å². The first kappa shape index (κ1) is 14.8. The average molecular weight is 291 g/mol. The first-order valence-corrected chi connectivity index (χ1v) is 8.02. The molecule has 1 aromatic carbocycles. The minimum Gasteiger partial charge on any atom is -0.494 e. The Bertz CT molecular complexity index is 428. The van der Waals surface area contributed by atoms with E-state index < -0.39 is 0 Å². The Hall–Kier alpha value is -1.10. The molecule has 21 heavy (non-hydrogen) atoms. The second-order valence-corrected chi connectivity index (χ2v) is 5.74. The first-order valence-electron chi connectivity index (χ1n) is 8.02. The molecule has 116 valence electrons. The van der Waals surface area contributed by atoms with Crippen molar-refractivity contribution < 1.29 is 14.2 Å². The second-order valence-electron chi connectivity index (χ2n) is 5.74. The van der Waals surface area contributed by atoms with Crippen LogP contribution in [0.4, 0.5) is 0 Å². The fourth-order valence-corrected chi connectivity index (χ4v) is 3.19. The van der Waals surface area contributed by atoms with Crippen LogP contribution in [0, 0.1) is 0 Å². The van der Waals surface area contributed by atoms with Crippen LogP contribution < -0.4 is 4.74 Å². The third-order valence-corrected chi connectivity index (χ3v) is 4.29. The van der Waals surface area contributed by atoms with Crippen molar-refractivity contribution in [1.29, 1.82) is 0 Å². The normalized spacial score (nSPS) is 26.9. The predicted molar refractivity (Wildman–Crippen MR) is 81.6 cm³/mol. The van der Waals surface area contributed by atoms with Gasteiger partial charge in [-0.05, 0) is 37.5 Å². The summed E-state index contributed by atoms with van der Waals surface area (Å²) in [6.07, 6.45) is 2.68. The molecule has 1 aromatic rings. The van der Waals surface area contributed by atoms with Crippen LogP contribution in [0.15, 0.2) is 24.3 Å². The summed E-state index contributed by atoms with van der Waals surface area (Å²) in [7, 11) is 0. The molecule has 0 aliphatic carbocycles. The third kappa shape index (κ3) is 3.76. The first-order chi connectivity index (χ1) is 10.4. The lowest BCUT2D eigenvalue weighted by Gasteiger charge is -2.38. The highest BCUT2D eigenvalue weighted by atomic mass is 16.5. The summed E-state index contributed by atoms with van der Waals surface area (Å²) in [4.78, 5) is 2.51. The van der Waals surface area contributed by atoms with E-state index >= 15 is 0 Å². The molecule has 3 rings (SSSR count). The molecule has 2 heterocycles. The predicted octanol–water partition coefficient (Wildman–Crippen LogP) is 2.47. The van der Waals surface area contributed by atoms with Gasteiger partial charge in [0.2, 0.25) is 0 Å². The quantitative estimate of drug-likeness (QED) is 0.834. The van der Waals surface area contributed by atoms with Crippen LogP contribution in [0.3, 0.4) is 0 Å². The number of benzene rings is 1. The number of rotatable bonds is 5. The van der Waals surface area contributed by atoms with E-state index in [9.17, 15) is 0 Å². The maximum atomic E-state index is 5.87. The van der Waals surface area contributed by atoms with Crippen LogP contribution in [0.25, 0.3) is 0 Å². The zero-order valence-electron chi connectivity index (χ0n) is 12.8. The van der Waals surface area contributed by atoms with E-state index in [1.807, 2.05) is 6.92 Å². The van der Waals surface area contributed by atoms with Gasteiger partial charge in [0.05, 0.1) is 32.0 Å². The zero-order valence-corrected chi connectivity index (χ0v) is 12.8. The molecule has 2 unspecified atom stereocenters. The molecule has 2 fully saturated rings. The average Bonchev–Trinajstić information content (AvgIpc) is 3.04. The van der Waals surface area contributed by atoms with Crippen LogP contribution in [-0.2, 0) is 16.0 Å². The molecule has 2 aliphatic rings. The minimum absolute atomic E-state index is 0.341. The Morgan fingerprint density at radius 3 is 2.81 bits per heavy atom. The molecule has 2 aliphatic heterocycles. The van der Waals surface area contributed by atoms with Gasteiger partial charge in [0, 0.05) is 19.7 Å². The molecule has 0 saturated carbocycles. The van der Waals surface area contributed by atoms with Gasteiger partial charge in [-0.1, -0.05) is 12.1 Å². The minimum atomic E-state index is 0.341. The van der Waals surface area contributed by atoms with E-state index in [-0.39, 0.29) is 0 Å². The summed E-state index contributed by atoms with van der Waals surface area (Å²) in [5, 5.41) is 0. The topological polar surface area (TPSA) is 30.9 Å². The molecule has 4 heteroatoms. The fraction of sp³-hybridized carbons (Fsp3) is 0.647. The Morgan fingerprint density at radius 2 is 2.10 bits per heavy atom. The molecule has 0 radical (unpaired) electrons. The van der Waals surface area contributed by atoms with Gasteiger partial charge < -0.3 is 14.2 Å². The smallest absolute Gasteiger partial charge is 0.119 e. The van der Waals surface area contributed by atoms with Crippen LogP contribution >= 0.6 is 0 Å². The summed E-state index contributed by atoms with van der Waals surface area (Å²) in [6.45, 7) is 7.18. The lowest BCUT2D eigenvalue weighted by Crippen LogP contribution is -2.51. The summed E-state index contributed by atoms with van der Waals surface area (Å²) in [5.74, 6) is 0.943. The monoisotopic (exact) mass is 291 g/mol. The molecule has 0 bridgehead atoms. The number of nitrogens with zero attached hydrogens (tertiary/aromatic N) is 1. The van der Waals surface area contributed by atoms with Gasteiger partial charge >= 0.3 is 0 Å². The van der Waals surface area contributed by atoms with Gasteiger partial charge in [-0.25, -0.2) is 0 Å². The highest BCUT2D eigenvalue weighted by molar-refractivity contribution is 5.27. The highest BCUT2D eigenvalue weighted by Gasteiger charge is 2.33. The molecule has 0 spiro atoms. The van der Waals surface area contributed by atoms with Crippen molar-refractivity contribution in [2.24, 2.45) is 0 Å². The van der Waals surface area contributed by atoms with Crippen molar-refractivity contribution in [1.82, 2.24) is 4.90 Å². The van der Waals surface area contributed by atoms with E-state index in [4.69, 9.17) is 14.2 Å². The number of ether oxygens (including phenoxy) is 3. The summed E-state index contributed by atoms with van der Waals surface area (Å²) < 4.78 is 17.0. The second kappa shape index (κ2) is 7.25. The maximum Gasteiger partial charge on any atom is 0.119 e. The van der Waals surface area contributed by atoms with Crippen molar-refractivity contribution >= 4 is 0 Å². The Balaban J connectivity index is 1.63. The van der Waals surface area contributed by atoms with Crippen molar-refractivity contribution in [2.75, 3.05) is 33.0 Å². The molecule has 2 saturated heterocycles. The van der Waals surface area contributed by atoms with Crippen molar-refractivity contribution in [3.05, 3.63) is 29.8 Å². The van der Waals surface area contributed by atoms with Crippen LogP contribution in [0.2, 0.25) is 0 Å². The van der Waals surface area contributed by atoms with Gasteiger partial charge in [0.25, 0.3) is 0 Å². The Kier molecular flexibility index (Phi) is 5.12. The zero-order chi connectivity index (χ0) is 14.5. The van der Waals surface area contributed by atoms with Crippen molar-refractivity contribution in [3.8, 4) is 5.75 Å². The molecule has 0 N–H and O–H groups in total. The summed E-state index contributed by atoms with van der Waals surface area (Å²) >= 11 is 0. The van der Waals surface area contributed by atoms with Crippen molar-refractivity contribution in [3.63, 3.8) is 0 Å². The lowest BCUT2D eigenvalue weighted by molar-refractivity contribution is -0.0685. The lowest BCUT2D eigenvalue weighted by atomic mass is 10.0. The van der Waals surface area contributed by atoms with Crippen LogP contribution in [0.5, 0.6) is 5.75 Å². The number of hydrogen-bond donors (Lipinski definition) is 0. The molecule has 4 nitrogen and oxygen atoms in total. The Labute approximate surface area is 127 Å². The maximum absolute atomic E-state index is 5.87. The largest absolute Gasteiger partial charge is 0.494 e. The van der Waals surface area contributed by atoms with E-state index in [1.165, 1.54) is 12.0 Å². The molecular formula is C17H25NO3. The molecule has 0 amide bonds. The van der Waals surface area contributed by atoms with Gasteiger partial charge in [0.1, 0.15) is 5.75 Å². The van der Waals surface area contributed by atoms with Crippen molar-refractivity contribution in [2.45, 2.75) is 38.5 Å². The van der Waals surface area contributed by atoms with Gasteiger partial charge in [0.15, 0.2) is 0 Å². The summed E-state index contributed by atoms with van der Waals surface area (Å²) in [6, 6.07) is 8.83. The van der Waals surface area contributed by atoms with Gasteiger partial charge in [-0.3, -0.25) is 4.90 Å². The van der Waals surface area contributed by atoms with E-state index in [1.54, 1.807) is 0 Å². The molecular weight excluding hydrogens is 266 g/mol. The van der Waals surface area contributed by atoms with Gasteiger partial charge in [-0.15, -0.1) is 0 Å². The SMILES string of the molecule is CCOc1ccc(CN2CCOCC2C2CCCO2)cc1. The number of hydrogen-bond acceptors (Lipinski definition) is 4. The molecule has 0 aromatic heterocycles. The van der Waals surface area contributed by atoms with Crippen LogP contribution in [0.1, 0.15) is 25.3 Å². The molecule has 2 atom stereocenters. The summed E-state index contributed by atoms with van der Waals surface area (Å²) in [5.41, 5.74) is 1.32. The van der Waals surface area contributed by atoms with Gasteiger partial charge in [-0.2, -0.15) is 0 Å². The third-order valence-electron chi connectivity index (χ3n) is 4.29. The van der Waals surface area contributed by atoms with E-state index in [0.717, 1.165) is 45.1 Å². The highest BCUT2D eigenvalue weighted by Crippen LogP contribution is 2.24. The number of morpholine rings is 1. The van der Waals surface area contributed by atoms with E-state index in [2.05, 4.69) is 29.2 Å². The Morgan fingerprint density at radius 1 is 1.24 bits per heavy atom.